The molecule has 1 N–H and O–H groups in total. The molecule has 0 amide bonds. The predicted molar refractivity (Wildman–Crippen MR) is 215 cm³/mol. The third-order valence-corrected chi connectivity index (χ3v) is 17.0. The van der Waals surface area contributed by atoms with Crippen LogP contribution in [-0.4, -0.2) is 23.8 Å². The first-order valence-corrected chi connectivity index (χ1v) is 22.1. The number of allylic oxidation sites excluding steroid dienone is 6. The van der Waals surface area contributed by atoms with E-state index in [1.807, 2.05) is 0 Å². The van der Waals surface area contributed by atoms with Gasteiger partial charge in [0.1, 0.15) is 6.10 Å². The number of carbonyl (C=O) groups excluding carboxylic acids is 1. The summed E-state index contributed by atoms with van der Waals surface area (Å²) in [5.74, 6) is 3.14. The van der Waals surface area contributed by atoms with Crippen LogP contribution < -0.4 is 0 Å². The molecule has 5 rings (SSSR count). The van der Waals surface area contributed by atoms with E-state index in [1.165, 1.54) is 103 Å². The molecule has 3 nitrogen and oxygen atoms in total. The van der Waals surface area contributed by atoms with Gasteiger partial charge in [0.25, 0.3) is 0 Å². The molecule has 0 bridgehead atoms. The van der Waals surface area contributed by atoms with Crippen molar-refractivity contribution in [1.82, 2.24) is 0 Å². The minimum Gasteiger partial charge on any atom is -0.462 e. The molecule has 0 radical (unpaired) electrons. The van der Waals surface area contributed by atoms with Gasteiger partial charge in [0, 0.05) is 23.9 Å². The SMILES string of the molecule is CCCCC/C=C\C/C=C\CCCCCCCC(=O)O[C@H]1CC[C@]2(C)[C@H]3CC=C4[C@@H]5[C@@H](C)[C@H](C)CC[C@]5(CO)CC[C@@]4(C)[C@]3(C)CC[C@H]2C1(C)C. The number of hydrogen-bond donors (Lipinski definition) is 1. The smallest absolute Gasteiger partial charge is 0.306 e. The first kappa shape index (κ1) is 40.8. The molecule has 0 unspecified atom stereocenters. The number of carbonyl (C=O) groups is 1. The maximum Gasteiger partial charge on any atom is 0.306 e. The van der Waals surface area contributed by atoms with E-state index in [-0.39, 0.29) is 39.1 Å². The maximum absolute atomic E-state index is 13.2. The van der Waals surface area contributed by atoms with Gasteiger partial charge in [-0.1, -0.05) is 123 Å². The zero-order chi connectivity index (χ0) is 36.9. The largest absolute Gasteiger partial charge is 0.462 e. The van der Waals surface area contributed by atoms with Crippen LogP contribution in [0.25, 0.3) is 0 Å². The summed E-state index contributed by atoms with van der Waals surface area (Å²) in [5, 5.41) is 10.9. The monoisotopic (exact) mass is 705 g/mol. The fourth-order valence-corrected chi connectivity index (χ4v) is 13.4. The van der Waals surface area contributed by atoms with E-state index in [4.69, 9.17) is 4.74 Å². The minimum absolute atomic E-state index is 0.0147. The van der Waals surface area contributed by atoms with Gasteiger partial charge in [-0.15, -0.1) is 0 Å². The molecule has 0 aliphatic heterocycles. The van der Waals surface area contributed by atoms with Gasteiger partial charge in [-0.2, -0.15) is 0 Å². The molecule has 4 fully saturated rings. The predicted octanol–water partition coefficient (Wildman–Crippen LogP) is 13.4. The standard InChI is InChI=1S/C48H80O3/c1-9-10-11-12-13-14-15-16-17-18-19-20-21-22-23-24-42(50)51-41-29-30-45(6)39(44(41,4)5)28-31-47(8)40(45)26-25-38-43-37(3)36(2)27-32-48(43,35-49)34-33-46(38,47)7/h13-14,16-17,25,36-37,39-41,43,49H,9-12,15,18-24,26-35H2,1-8H3/b14-13-,17-16-/t36-,37+,39+,40-,41+,43+,45+,46-,47-,48-/m1/s1. The van der Waals surface area contributed by atoms with E-state index in [1.54, 1.807) is 5.57 Å². The molecule has 4 saturated carbocycles. The lowest BCUT2D eigenvalue weighted by atomic mass is 9.33. The third kappa shape index (κ3) is 7.92. The normalized spacial score (nSPS) is 40.3. The lowest BCUT2D eigenvalue weighted by Gasteiger charge is -2.71. The van der Waals surface area contributed by atoms with Gasteiger partial charge in [0.05, 0.1) is 0 Å². The molecule has 3 heteroatoms. The van der Waals surface area contributed by atoms with E-state index in [9.17, 15) is 9.90 Å². The summed E-state index contributed by atoms with van der Waals surface area (Å²) in [5.41, 5.74) is 2.53. The number of hydrogen-bond acceptors (Lipinski definition) is 3. The molecule has 5 aliphatic rings. The average molecular weight is 705 g/mol. The van der Waals surface area contributed by atoms with Crippen molar-refractivity contribution in [1.29, 1.82) is 0 Å². The quantitative estimate of drug-likeness (QED) is 0.0988. The Morgan fingerprint density at radius 3 is 2.20 bits per heavy atom. The van der Waals surface area contributed by atoms with Crippen LogP contribution in [0, 0.1) is 56.7 Å². The van der Waals surface area contributed by atoms with E-state index in [0.717, 1.165) is 31.6 Å². The number of esters is 1. The summed E-state index contributed by atoms with van der Waals surface area (Å²) < 4.78 is 6.40. The molecule has 0 spiro atoms. The number of aliphatic hydroxyl groups is 1. The molecule has 0 saturated heterocycles. The van der Waals surface area contributed by atoms with E-state index in [0.29, 0.717) is 36.7 Å². The number of fused-ring (bicyclic) bond motifs is 7. The van der Waals surface area contributed by atoms with Gasteiger partial charge in [0.2, 0.25) is 0 Å². The van der Waals surface area contributed by atoms with Crippen molar-refractivity contribution in [3.8, 4) is 0 Å². The molecule has 0 heterocycles. The Morgan fingerprint density at radius 1 is 0.804 bits per heavy atom. The Hall–Kier alpha value is -1.35. The van der Waals surface area contributed by atoms with Crippen molar-refractivity contribution in [2.75, 3.05) is 6.61 Å². The number of aliphatic hydroxyl groups excluding tert-OH is 1. The number of rotatable bonds is 16. The summed E-state index contributed by atoms with van der Waals surface area (Å²) >= 11 is 0. The van der Waals surface area contributed by atoms with Crippen molar-refractivity contribution in [3.63, 3.8) is 0 Å². The van der Waals surface area contributed by atoms with Crippen LogP contribution in [0.4, 0.5) is 0 Å². The van der Waals surface area contributed by atoms with E-state index >= 15 is 0 Å². The van der Waals surface area contributed by atoms with Gasteiger partial charge in [0.15, 0.2) is 0 Å². The molecule has 0 aromatic rings. The summed E-state index contributed by atoms with van der Waals surface area (Å²) in [6.07, 6.45) is 36.5. The Morgan fingerprint density at radius 2 is 1.49 bits per heavy atom. The Kier molecular flexibility index (Phi) is 13.6. The van der Waals surface area contributed by atoms with Crippen LogP contribution in [0.3, 0.4) is 0 Å². The molecule has 290 valence electrons. The summed E-state index contributed by atoms with van der Waals surface area (Å²) in [6, 6.07) is 0. The van der Waals surface area contributed by atoms with Gasteiger partial charge in [-0.25, -0.2) is 0 Å². The van der Waals surface area contributed by atoms with E-state index in [2.05, 4.69) is 85.8 Å². The zero-order valence-electron chi connectivity index (χ0n) is 34.7. The summed E-state index contributed by atoms with van der Waals surface area (Å²) in [7, 11) is 0. The van der Waals surface area contributed by atoms with Crippen LogP contribution >= 0.6 is 0 Å². The molecule has 5 aliphatic carbocycles. The third-order valence-electron chi connectivity index (χ3n) is 17.0. The van der Waals surface area contributed by atoms with Gasteiger partial charge in [-0.05, 0) is 142 Å². The molecule has 51 heavy (non-hydrogen) atoms. The van der Waals surface area contributed by atoms with Crippen LogP contribution in [0.2, 0.25) is 0 Å². The second-order valence-electron chi connectivity index (χ2n) is 20.0. The topological polar surface area (TPSA) is 46.5 Å². The van der Waals surface area contributed by atoms with Crippen molar-refractivity contribution in [2.24, 2.45) is 56.7 Å². The highest BCUT2D eigenvalue weighted by Gasteiger charge is 2.68. The number of unbranched alkanes of at least 4 members (excludes halogenated alkanes) is 8. The second kappa shape index (κ2) is 17.0. The Labute approximate surface area is 315 Å². The Bertz CT molecular complexity index is 1240. The highest BCUT2D eigenvalue weighted by atomic mass is 16.5. The van der Waals surface area contributed by atoms with Crippen LogP contribution in [0.1, 0.15) is 190 Å². The molecule has 10 atom stereocenters. The highest BCUT2D eigenvalue weighted by molar-refractivity contribution is 5.69. The highest BCUT2D eigenvalue weighted by Crippen LogP contribution is 2.75. The van der Waals surface area contributed by atoms with Crippen molar-refractivity contribution in [2.45, 2.75) is 196 Å². The van der Waals surface area contributed by atoms with Crippen LogP contribution in [0.15, 0.2) is 36.0 Å². The molecular formula is C48H80O3. The lowest BCUT2D eigenvalue weighted by molar-refractivity contribution is -0.214. The lowest BCUT2D eigenvalue weighted by Crippen LogP contribution is -2.65. The minimum atomic E-state index is -0.0147. The maximum atomic E-state index is 13.2. The first-order chi connectivity index (χ1) is 24.3. The fourth-order valence-electron chi connectivity index (χ4n) is 13.4. The molecule has 0 aromatic heterocycles. The first-order valence-electron chi connectivity index (χ1n) is 22.1. The van der Waals surface area contributed by atoms with Crippen LogP contribution in [0.5, 0.6) is 0 Å². The van der Waals surface area contributed by atoms with Crippen molar-refractivity contribution in [3.05, 3.63) is 36.0 Å². The second-order valence-corrected chi connectivity index (χ2v) is 20.0. The van der Waals surface area contributed by atoms with E-state index < -0.39 is 0 Å². The molecular weight excluding hydrogens is 625 g/mol. The fraction of sp³-hybridized carbons (Fsp3) is 0.854. The Balaban J connectivity index is 1.11. The molecule has 0 aromatic carbocycles. The van der Waals surface area contributed by atoms with Crippen molar-refractivity contribution < 1.29 is 14.6 Å². The summed E-state index contributed by atoms with van der Waals surface area (Å²) in [6.45, 7) is 20.4. The average Bonchev–Trinajstić information content (AvgIpc) is 3.09. The van der Waals surface area contributed by atoms with Gasteiger partial charge < -0.3 is 9.84 Å². The zero-order valence-corrected chi connectivity index (χ0v) is 34.7. The van der Waals surface area contributed by atoms with Crippen LogP contribution in [-0.2, 0) is 9.53 Å². The van der Waals surface area contributed by atoms with Gasteiger partial charge in [-0.3, -0.25) is 4.79 Å². The number of ether oxygens (including phenoxy) is 1. The van der Waals surface area contributed by atoms with Crippen molar-refractivity contribution >= 4 is 5.97 Å². The van der Waals surface area contributed by atoms with Gasteiger partial charge >= 0.3 is 5.97 Å². The summed E-state index contributed by atoms with van der Waals surface area (Å²) in [4.78, 5) is 13.2.